The zero-order valence-corrected chi connectivity index (χ0v) is 11.9. The number of rotatable bonds is 3. The predicted octanol–water partition coefficient (Wildman–Crippen LogP) is 3.04. The van der Waals surface area contributed by atoms with Crippen LogP contribution in [0.5, 0.6) is 0 Å². The average molecular weight is 294 g/mol. The summed E-state index contributed by atoms with van der Waals surface area (Å²) in [5.74, 6) is 0.881. The summed E-state index contributed by atoms with van der Waals surface area (Å²) in [5, 5.41) is 14.2. The minimum absolute atomic E-state index is 0.599. The quantitative estimate of drug-likeness (QED) is 0.754. The summed E-state index contributed by atoms with van der Waals surface area (Å²) < 4.78 is 1.79. The van der Waals surface area contributed by atoms with Crippen LogP contribution >= 0.6 is 22.9 Å². The zero-order valence-electron chi connectivity index (χ0n) is 10.3. The Labute approximate surface area is 119 Å². The molecule has 98 valence electrons. The van der Waals surface area contributed by atoms with Gasteiger partial charge in [-0.3, -0.25) is 0 Å². The van der Waals surface area contributed by atoms with Crippen LogP contribution in [0.4, 0.5) is 5.69 Å². The van der Waals surface area contributed by atoms with Gasteiger partial charge in [-0.1, -0.05) is 29.9 Å². The van der Waals surface area contributed by atoms with Crippen LogP contribution in [0, 0.1) is 0 Å². The Morgan fingerprint density at radius 2 is 2.21 bits per heavy atom. The van der Waals surface area contributed by atoms with Gasteiger partial charge in [-0.05, 0) is 24.6 Å². The monoisotopic (exact) mass is 293 g/mol. The van der Waals surface area contributed by atoms with Gasteiger partial charge >= 0.3 is 0 Å². The fourth-order valence-corrected chi connectivity index (χ4v) is 3.08. The van der Waals surface area contributed by atoms with E-state index in [0.29, 0.717) is 10.7 Å². The Morgan fingerprint density at radius 3 is 2.95 bits per heavy atom. The smallest absolute Gasteiger partial charge is 0.234 e. The minimum Gasteiger partial charge on any atom is -0.399 e. The third-order valence-electron chi connectivity index (χ3n) is 2.75. The molecule has 0 saturated carbocycles. The third-order valence-corrected chi connectivity index (χ3v) is 4.00. The average Bonchev–Trinajstić information content (AvgIpc) is 2.91. The van der Waals surface area contributed by atoms with Crippen molar-refractivity contribution in [2.45, 2.75) is 19.8 Å². The maximum Gasteiger partial charge on any atom is 0.234 e. The molecule has 5 nitrogen and oxygen atoms in total. The Hall–Kier alpha value is -1.66. The van der Waals surface area contributed by atoms with Crippen molar-refractivity contribution in [1.29, 1.82) is 0 Å². The first-order valence-corrected chi connectivity index (χ1v) is 7.15. The van der Waals surface area contributed by atoms with Crippen LogP contribution in [-0.2, 0) is 6.42 Å². The Kier molecular flexibility index (Phi) is 3.12. The maximum absolute atomic E-state index is 6.20. The first-order valence-electron chi connectivity index (χ1n) is 5.95. The molecule has 0 spiro atoms. The van der Waals surface area contributed by atoms with Crippen molar-refractivity contribution in [1.82, 2.24) is 19.8 Å². The lowest BCUT2D eigenvalue weighted by Crippen LogP contribution is -1.95. The standard InChI is InChI=1S/C12H12ClN5S/c1-2-3-10-15-16-12-18(10)17-11(19-12)8-5-4-7(14)6-9(8)13/h4-6H,2-3,14H2,1H3. The number of benzene rings is 1. The van der Waals surface area contributed by atoms with E-state index < -0.39 is 0 Å². The molecule has 0 bridgehead atoms. The van der Waals surface area contributed by atoms with Gasteiger partial charge in [-0.2, -0.15) is 9.61 Å². The zero-order chi connectivity index (χ0) is 13.4. The van der Waals surface area contributed by atoms with Crippen LogP contribution in [0.1, 0.15) is 19.2 Å². The molecule has 0 aliphatic carbocycles. The van der Waals surface area contributed by atoms with E-state index in [1.807, 2.05) is 12.1 Å². The molecule has 0 amide bonds. The van der Waals surface area contributed by atoms with Crippen molar-refractivity contribution < 1.29 is 0 Å². The fraction of sp³-hybridized carbons (Fsp3) is 0.250. The molecule has 0 atom stereocenters. The number of aromatic nitrogens is 4. The van der Waals surface area contributed by atoms with E-state index in [9.17, 15) is 0 Å². The summed E-state index contributed by atoms with van der Waals surface area (Å²) in [6.45, 7) is 2.10. The van der Waals surface area contributed by atoms with E-state index in [-0.39, 0.29) is 0 Å². The second-order valence-corrected chi connectivity index (χ2v) is 5.57. The number of nitrogens with two attached hydrogens (primary N) is 1. The normalized spacial score (nSPS) is 11.3. The summed E-state index contributed by atoms with van der Waals surface area (Å²) >= 11 is 7.67. The highest BCUT2D eigenvalue weighted by Gasteiger charge is 2.14. The molecule has 0 aliphatic rings. The highest BCUT2D eigenvalue weighted by Crippen LogP contribution is 2.32. The molecule has 0 unspecified atom stereocenters. The Morgan fingerprint density at radius 1 is 1.37 bits per heavy atom. The van der Waals surface area contributed by atoms with Gasteiger partial charge in [0.15, 0.2) is 5.82 Å². The summed E-state index contributed by atoms with van der Waals surface area (Å²) in [4.78, 5) is 0.784. The molecular formula is C12H12ClN5S. The molecule has 19 heavy (non-hydrogen) atoms. The van der Waals surface area contributed by atoms with Crippen LogP contribution in [0.15, 0.2) is 18.2 Å². The first kappa shape index (κ1) is 12.4. The van der Waals surface area contributed by atoms with Crippen molar-refractivity contribution in [2.75, 3.05) is 5.73 Å². The predicted molar refractivity (Wildman–Crippen MR) is 77.5 cm³/mol. The van der Waals surface area contributed by atoms with Gasteiger partial charge in [0, 0.05) is 17.7 Å². The van der Waals surface area contributed by atoms with Crippen molar-refractivity contribution in [3.8, 4) is 10.6 Å². The van der Waals surface area contributed by atoms with Crippen molar-refractivity contribution in [3.63, 3.8) is 0 Å². The van der Waals surface area contributed by atoms with E-state index in [4.69, 9.17) is 17.3 Å². The summed E-state index contributed by atoms with van der Waals surface area (Å²) in [5.41, 5.74) is 7.21. The maximum atomic E-state index is 6.20. The Balaban J connectivity index is 2.10. The number of aryl methyl sites for hydroxylation is 1. The number of nitrogen functional groups attached to an aromatic ring is 1. The number of anilines is 1. The van der Waals surface area contributed by atoms with Crippen LogP contribution in [-0.4, -0.2) is 19.8 Å². The second kappa shape index (κ2) is 4.79. The molecule has 2 aromatic heterocycles. The van der Waals surface area contributed by atoms with Crippen LogP contribution in [0.25, 0.3) is 15.5 Å². The lowest BCUT2D eigenvalue weighted by Gasteiger charge is -2.00. The number of hydrogen-bond donors (Lipinski definition) is 1. The largest absolute Gasteiger partial charge is 0.399 e. The number of fused-ring (bicyclic) bond motifs is 1. The molecular weight excluding hydrogens is 282 g/mol. The van der Waals surface area contributed by atoms with Crippen LogP contribution in [0.2, 0.25) is 5.02 Å². The van der Waals surface area contributed by atoms with Crippen molar-refractivity contribution in [2.24, 2.45) is 0 Å². The highest BCUT2D eigenvalue weighted by atomic mass is 35.5. The summed E-state index contributed by atoms with van der Waals surface area (Å²) in [6.07, 6.45) is 1.87. The van der Waals surface area contributed by atoms with E-state index in [1.165, 1.54) is 11.3 Å². The molecule has 2 heterocycles. The highest BCUT2D eigenvalue weighted by molar-refractivity contribution is 7.19. The molecule has 0 saturated heterocycles. The molecule has 0 fully saturated rings. The number of nitrogens with zero attached hydrogens (tertiary/aromatic N) is 4. The molecule has 3 rings (SSSR count). The SMILES string of the molecule is CCCc1nnc2sc(-c3ccc(N)cc3Cl)nn12. The Bertz CT molecular complexity index is 733. The molecule has 1 aromatic carbocycles. The lowest BCUT2D eigenvalue weighted by molar-refractivity contribution is 0.778. The first-order chi connectivity index (χ1) is 9.19. The van der Waals surface area contributed by atoms with Crippen molar-refractivity contribution in [3.05, 3.63) is 29.0 Å². The van der Waals surface area contributed by atoms with Gasteiger partial charge in [0.1, 0.15) is 5.01 Å². The van der Waals surface area contributed by atoms with Crippen LogP contribution < -0.4 is 5.73 Å². The topological polar surface area (TPSA) is 69.1 Å². The van der Waals surface area contributed by atoms with Gasteiger partial charge in [0.25, 0.3) is 0 Å². The molecule has 7 heteroatoms. The summed E-state index contributed by atoms with van der Waals surface area (Å²) in [7, 11) is 0. The number of halogens is 1. The summed E-state index contributed by atoms with van der Waals surface area (Å²) in [6, 6.07) is 5.42. The molecule has 2 N–H and O–H groups in total. The van der Waals surface area contributed by atoms with Gasteiger partial charge < -0.3 is 5.73 Å². The van der Waals surface area contributed by atoms with Crippen molar-refractivity contribution >= 4 is 33.6 Å². The van der Waals surface area contributed by atoms with E-state index in [2.05, 4.69) is 22.2 Å². The van der Waals surface area contributed by atoms with E-state index in [0.717, 1.165) is 34.2 Å². The molecule has 0 aliphatic heterocycles. The molecule has 3 aromatic rings. The minimum atomic E-state index is 0.599. The molecule has 0 radical (unpaired) electrons. The third kappa shape index (κ3) is 2.17. The van der Waals surface area contributed by atoms with Gasteiger partial charge in [-0.15, -0.1) is 10.2 Å². The van der Waals surface area contributed by atoms with Gasteiger partial charge in [0.05, 0.1) is 5.02 Å². The van der Waals surface area contributed by atoms with Gasteiger partial charge in [-0.25, -0.2) is 0 Å². The fourth-order valence-electron chi connectivity index (χ4n) is 1.85. The number of hydrogen-bond acceptors (Lipinski definition) is 5. The second-order valence-electron chi connectivity index (χ2n) is 4.21. The van der Waals surface area contributed by atoms with Gasteiger partial charge in [0.2, 0.25) is 4.96 Å². The van der Waals surface area contributed by atoms with Crippen LogP contribution in [0.3, 0.4) is 0 Å². The van der Waals surface area contributed by atoms with E-state index in [1.54, 1.807) is 10.6 Å². The van der Waals surface area contributed by atoms with E-state index >= 15 is 0 Å². The lowest BCUT2D eigenvalue weighted by atomic mass is 10.2.